The summed E-state index contributed by atoms with van der Waals surface area (Å²) in [6.45, 7) is 0. The van der Waals surface area contributed by atoms with E-state index >= 15 is 0 Å². The smallest absolute Gasteiger partial charge is 0.257 e. The molecule has 0 aromatic carbocycles. The average molecular weight is 233 g/mol. The molecule has 0 atom stereocenters. The van der Waals surface area contributed by atoms with E-state index in [1.165, 1.54) is 6.42 Å². The first-order valence-corrected chi connectivity index (χ1v) is 6.89. The Morgan fingerprint density at radius 3 is 1.82 bits per heavy atom. The van der Waals surface area contributed by atoms with E-state index in [0.29, 0.717) is 0 Å². The SMILES string of the molecule is O=C1C2=C(CCCC2)C(=O)N1C1CCCCC1. The monoisotopic (exact) mass is 233 g/mol. The third kappa shape index (κ3) is 1.72. The van der Waals surface area contributed by atoms with Crippen molar-refractivity contribution in [1.29, 1.82) is 0 Å². The lowest BCUT2D eigenvalue weighted by atomic mass is 9.93. The van der Waals surface area contributed by atoms with E-state index < -0.39 is 0 Å². The van der Waals surface area contributed by atoms with Gasteiger partial charge in [0.2, 0.25) is 0 Å². The van der Waals surface area contributed by atoms with Crippen LogP contribution in [0.3, 0.4) is 0 Å². The lowest BCUT2D eigenvalue weighted by Crippen LogP contribution is -2.42. The van der Waals surface area contributed by atoms with E-state index in [0.717, 1.165) is 62.5 Å². The predicted molar refractivity (Wildman–Crippen MR) is 64.2 cm³/mol. The number of amides is 2. The summed E-state index contributed by atoms with van der Waals surface area (Å²) in [5, 5.41) is 0. The highest BCUT2D eigenvalue weighted by Gasteiger charge is 2.42. The van der Waals surface area contributed by atoms with E-state index in [1.807, 2.05) is 0 Å². The lowest BCUT2D eigenvalue weighted by molar-refractivity contribution is -0.141. The molecular weight excluding hydrogens is 214 g/mol. The maximum Gasteiger partial charge on any atom is 0.257 e. The van der Waals surface area contributed by atoms with Crippen molar-refractivity contribution in [3.05, 3.63) is 11.1 Å². The summed E-state index contributed by atoms with van der Waals surface area (Å²) in [7, 11) is 0. The van der Waals surface area contributed by atoms with Crippen LogP contribution in [0.15, 0.2) is 11.1 Å². The van der Waals surface area contributed by atoms with Crippen molar-refractivity contribution in [3.63, 3.8) is 0 Å². The van der Waals surface area contributed by atoms with Crippen molar-refractivity contribution in [1.82, 2.24) is 4.90 Å². The molecule has 17 heavy (non-hydrogen) atoms. The molecule has 3 aliphatic rings. The molecule has 2 amide bonds. The Balaban J connectivity index is 1.84. The fourth-order valence-electron chi connectivity index (χ4n) is 3.43. The zero-order valence-electron chi connectivity index (χ0n) is 10.2. The Morgan fingerprint density at radius 2 is 1.29 bits per heavy atom. The molecule has 3 nitrogen and oxygen atoms in total. The van der Waals surface area contributed by atoms with Gasteiger partial charge in [-0.3, -0.25) is 14.5 Å². The minimum Gasteiger partial charge on any atom is -0.272 e. The number of hydrogen-bond donors (Lipinski definition) is 0. The molecule has 1 saturated carbocycles. The number of hydrogen-bond acceptors (Lipinski definition) is 2. The predicted octanol–water partition coefficient (Wildman–Crippen LogP) is 2.56. The molecule has 3 heteroatoms. The van der Waals surface area contributed by atoms with Gasteiger partial charge in [0, 0.05) is 17.2 Å². The molecule has 0 spiro atoms. The summed E-state index contributed by atoms with van der Waals surface area (Å²) < 4.78 is 0. The molecule has 0 N–H and O–H groups in total. The van der Waals surface area contributed by atoms with Crippen molar-refractivity contribution in [2.24, 2.45) is 0 Å². The van der Waals surface area contributed by atoms with Crippen LogP contribution in [0.5, 0.6) is 0 Å². The number of rotatable bonds is 1. The summed E-state index contributed by atoms with van der Waals surface area (Å²) >= 11 is 0. The molecule has 1 aliphatic heterocycles. The Hall–Kier alpha value is -1.12. The number of nitrogens with zero attached hydrogens (tertiary/aromatic N) is 1. The highest BCUT2D eigenvalue weighted by atomic mass is 16.2. The van der Waals surface area contributed by atoms with Crippen LogP contribution in [0.4, 0.5) is 0 Å². The molecule has 0 aromatic rings. The van der Waals surface area contributed by atoms with Gasteiger partial charge in [-0.15, -0.1) is 0 Å². The van der Waals surface area contributed by atoms with Crippen molar-refractivity contribution >= 4 is 11.8 Å². The third-order valence-corrected chi connectivity index (χ3v) is 4.36. The molecule has 3 rings (SSSR count). The molecule has 0 aromatic heterocycles. The normalized spacial score (nSPS) is 26.7. The average Bonchev–Trinajstić information content (AvgIpc) is 2.64. The van der Waals surface area contributed by atoms with E-state index in [2.05, 4.69) is 0 Å². The summed E-state index contributed by atoms with van der Waals surface area (Å²) in [6.07, 6.45) is 9.37. The van der Waals surface area contributed by atoms with Crippen molar-refractivity contribution in [2.45, 2.75) is 63.8 Å². The summed E-state index contributed by atoms with van der Waals surface area (Å²) in [6, 6.07) is 0.189. The fourth-order valence-corrected chi connectivity index (χ4v) is 3.43. The molecular formula is C14H19NO2. The number of carbonyl (C=O) groups excluding carboxylic acids is 2. The number of imide groups is 1. The van der Waals surface area contributed by atoms with Gasteiger partial charge in [-0.25, -0.2) is 0 Å². The second-order valence-electron chi connectivity index (χ2n) is 5.44. The minimum atomic E-state index is 0.0385. The van der Waals surface area contributed by atoms with Crippen LogP contribution in [-0.4, -0.2) is 22.8 Å². The van der Waals surface area contributed by atoms with Crippen LogP contribution in [0.1, 0.15) is 57.8 Å². The third-order valence-electron chi connectivity index (χ3n) is 4.36. The Bertz CT molecular complexity index is 363. The first-order valence-electron chi connectivity index (χ1n) is 6.89. The van der Waals surface area contributed by atoms with E-state index in [1.54, 1.807) is 4.90 Å². The van der Waals surface area contributed by atoms with Crippen LogP contribution in [0.25, 0.3) is 0 Å². The molecule has 0 radical (unpaired) electrons. The first-order chi connectivity index (χ1) is 8.29. The van der Waals surface area contributed by atoms with Crippen molar-refractivity contribution < 1.29 is 9.59 Å². The standard InChI is InChI=1S/C14H19NO2/c16-13-11-8-4-5-9-12(11)14(17)15(13)10-6-2-1-3-7-10/h10H,1-9H2. The van der Waals surface area contributed by atoms with Crippen molar-refractivity contribution in [3.8, 4) is 0 Å². The molecule has 0 bridgehead atoms. The fraction of sp³-hybridized carbons (Fsp3) is 0.714. The Labute approximate surface area is 102 Å². The maximum atomic E-state index is 12.3. The Kier molecular flexibility index (Phi) is 2.77. The largest absolute Gasteiger partial charge is 0.272 e. The van der Waals surface area contributed by atoms with Gasteiger partial charge >= 0.3 is 0 Å². The maximum absolute atomic E-state index is 12.3. The summed E-state index contributed by atoms with van der Waals surface area (Å²) in [5.74, 6) is 0.0770. The molecule has 92 valence electrons. The molecule has 0 saturated heterocycles. The number of carbonyl (C=O) groups is 2. The van der Waals surface area contributed by atoms with E-state index in [4.69, 9.17) is 0 Å². The quantitative estimate of drug-likeness (QED) is 0.653. The molecule has 0 unspecified atom stereocenters. The van der Waals surface area contributed by atoms with Gasteiger partial charge in [-0.1, -0.05) is 19.3 Å². The van der Waals surface area contributed by atoms with Crippen LogP contribution in [0.2, 0.25) is 0 Å². The second kappa shape index (κ2) is 4.28. The topological polar surface area (TPSA) is 37.4 Å². The zero-order chi connectivity index (χ0) is 11.8. The second-order valence-corrected chi connectivity index (χ2v) is 5.44. The zero-order valence-corrected chi connectivity index (χ0v) is 10.2. The Morgan fingerprint density at radius 1 is 0.765 bits per heavy atom. The van der Waals surface area contributed by atoms with Crippen LogP contribution >= 0.6 is 0 Å². The van der Waals surface area contributed by atoms with E-state index in [-0.39, 0.29) is 17.9 Å². The van der Waals surface area contributed by atoms with Gasteiger partial charge in [-0.2, -0.15) is 0 Å². The van der Waals surface area contributed by atoms with Crippen molar-refractivity contribution in [2.75, 3.05) is 0 Å². The van der Waals surface area contributed by atoms with Gasteiger partial charge < -0.3 is 0 Å². The minimum absolute atomic E-state index is 0.0385. The molecule has 1 heterocycles. The summed E-state index contributed by atoms with van der Waals surface area (Å²) in [5.41, 5.74) is 1.68. The van der Waals surface area contributed by atoms with Crippen LogP contribution in [-0.2, 0) is 9.59 Å². The van der Waals surface area contributed by atoms with Gasteiger partial charge in [0.1, 0.15) is 0 Å². The van der Waals surface area contributed by atoms with E-state index in [9.17, 15) is 9.59 Å². The van der Waals surface area contributed by atoms with Gasteiger partial charge in [-0.05, 0) is 38.5 Å². The van der Waals surface area contributed by atoms with Crippen LogP contribution < -0.4 is 0 Å². The van der Waals surface area contributed by atoms with Gasteiger partial charge in [0.15, 0.2) is 0 Å². The lowest BCUT2D eigenvalue weighted by Gasteiger charge is -2.29. The molecule has 2 aliphatic carbocycles. The first kappa shape index (κ1) is 11.0. The highest BCUT2D eigenvalue weighted by Crippen LogP contribution is 2.36. The highest BCUT2D eigenvalue weighted by molar-refractivity contribution is 6.19. The van der Waals surface area contributed by atoms with Crippen LogP contribution in [0, 0.1) is 0 Å². The van der Waals surface area contributed by atoms with Gasteiger partial charge in [0.05, 0.1) is 0 Å². The summed E-state index contributed by atoms with van der Waals surface area (Å²) in [4.78, 5) is 26.2. The molecule has 1 fully saturated rings. The van der Waals surface area contributed by atoms with Gasteiger partial charge in [0.25, 0.3) is 11.8 Å².